The van der Waals surface area contributed by atoms with E-state index in [0.717, 1.165) is 25.7 Å². The van der Waals surface area contributed by atoms with Gasteiger partial charge in [0.15, 0.2) is 4.60 Å². The Morgan fingerprint density at radius 1 is 0.833 bits per heavy atom. The molecule has 0 fully saturated rings. The second-order valence-electron chi connectivity index (χ2n) is 8.55. The summed E-state index contributed by atoms with van der Waals surface area (Å²) in [6, 6.07) is 2.69. The maximum Gasteiger partial charge on any atom is 0.312 e. The quantitative estimate of drug-likeness (QED) is 0.103. The minimum Gasteiger partial charge on any atom is -0.477 e. The average molecular weight is 700 g/mol. The number of nitrogens with two attached hydrogens (primary N) is 1. The van der Waals surface area contributed by atoms with Crippen molar-refractivity contribution in [2.45, 2.75) is 53.4 Å². The topological polar surface area (TPSA) is 157 Å². The lowest BCUT2D eigenvalue weighted by molar-refractivity contribution is -0.386. The molecule has 0 amide bonds. The fourth-order valence-electron chi connectivity index (χ4n) is 2.71. The molecular weight excluding hydrogens is 670 g/mol. The summed E-state index contributed by atoms with van der Waals surface area (Å²) in [7, 11) is 0. The molecule has 0 saturated heterocycles. The molecule has 0 bridgehead atoms. The summed E-state index contributed by atoms with van der Waals surface area (Å²) in [5, 5.41) is 21.3. The number of nitrogens with zero attached hydrogens (tertiary/aromatic N) is 4. The molecule has 0 radical (unpaired) electrons. The molecule has 0 saturated carbocycles. The first-order valence-electron chi connectivity index (χ1n) is 11.2. The van der Waals surface area contributed by atoms with Crippen molar-refractivity contribution in [2.24, 2.45) is 11.8 Å². The highest BCUT2D eigenvalue weighted by Crippen LogP contribution is 2.33. The van der Waals surface area contributed by atoms with Crippen molar-refractivity contribution < 1.29 is 19.3 Å². The van der Waals surface area contributed by atoms with Crippen LogP contribution in [-0.2, 0) is 0 Å². The van der Waals surface area contributed by atoms with Crippen LogP contribution in [0.2, 0.25) is 0 Å². The first-order chi connectivity index (χ1) is 16.8. The molecule has 0 unspecified atom stereocenters. The number of nitro groups is 2. The number of aromatic nitrogens is 2. The van der Waals surface area contributed by atoms with Crippen LogP contribution in [0.1, 0.15) is 53.4 Å². The van der Waals surface area contributed by atoms with Gasteiger partial charge in [-0.25, -0.2) is 0 Å². The van der Waals surface area contributed by atoms with Gasteiger partial charge in [0, 0.05) is 12.1 Å². The van der Waals surface area contributed by atoms with E-state index in [-0.39, 0.29) is 21.8 Å². The molecular formula is C22H30Br3N5O6. The highest BCUT2D eigenvalue weighted by atomic mass is 79.9. The third-order valence-corrected chi connectivity index (χ3v) is 6.27. The predicted molar refractivity (Wildman–Crippen MR) is 148 cm³/mol. The number of nitrogen functional groups attached to an aromatic ring is 1. The fraction of sp³-hybridized carbons (Fsp3) is 0.545. The van der Waals surface area contributed by atoms with Gasteiger partial charge in [-0.2, -0.15) is 9.97 Å². The Bertz CT molecular complexity index is 958. The van der Waals surface area contributed by atoms with E-state index in [4.69, 9.17) is 15.2 Å². The van der Waals surface area contributed by atoms with Gasteiger partial charge >= 0.3 is 11.4 Å². The zero-order chi connectivity index (χ0) is 27.4. The van der Waals surface area contributed by atoms with Gasteiger partial charge in [0.05, 0.1) is 32.0 Å². The van der Waals surface area contributed by atoms with Crippen molar-refractivity contribution in [3.05, 3.63) is 45.9 Å². The van der Waals surface area contributed by atoms with Crippen molar-refractivity contribution in [3.8, 4) is 11.8 Å². The molecule has 0 aliphatic carbocycles. The first kappa shape index (κ1) is 32.0. The lowest BCUT2D eigenvalue weighted by atomic mass is 10.1. The Balaban J connectivity index is 0.000000360. The summed E-state index contributed by atoms with van der Waals surface area (Å²) in [5.74, 6) is 1.78. The van der Waals surface area contributed by atoms with Gasteiger partial charge in [-0.3, -0.25) is 20.2 Å². The van der Waals surface area contributed by atoms with Crippen LogP contribution >= 0.6 is 47.8 Å². The molecule has 0 spiro atoms. The van der Waals surface area contributed by atoms with Crippen LogP contribution in [0.4, 0.5) is 17.2 Å². The van der Waals surface area contributed by atoms with Crippen LogP contribution in [0.5, 0.6) is 11.8 Å². The van der Waals surface area contributed by atoms with E-state index in [1.165, 1.54) is 12.1 Å². The minimum atomic E-state index is -0.574. The minimum absolute atomic E-state index is 0.0867. The van der Waals surface area contributed by atoms with Gasteiger partial charge in [-0.1, -0.05) is 27.7 Å². The van der Waals surface area contributed by atoms with Crippen LogP contribution in [0, 0.1) is 32.1 Å². The number of hydrogen-bond acceptors (Lipinski definition) is 9. The van der Waals surface area contributed by atoms with Crippen LogP contribution in [-0.4, -0.2) is 33.0 Å². The summed E-state index contributed by atoms with van der Waals surface area (Å²) >= 11 is 9.46. The molecule has 2 aromatic rings. The predicted octanol–water partition coefficient (Wildman–Crippen LogP) is 7.48. The molecule has 2 rings (SSSR count). The zero-order valence-electron chi connectivity index (χ0n) is 20.5. The Morgan fingerprint density at radius 3 is 1.67 bits per heavy atom. The third-order valence-electron chi connectivity index (χ3n) is 4.55. The molecule has 0 atom stereocenters. The molecule has 36 heavy (non-hydrogen) atoms. The Labute approximate surface area is 235 Å². The Kier molecular flexibility index (Phi) is 14.1. The molecule has 2 heterocycles. The van der Waals surface area contributed by atoms with Gasteiger partial charge in [-0.15, -0.1) is 0 Å². The second kappa shape index (κ2) is 15.9. The number of rotatable bonds is 12. The van der Waals surface area contributed by atoms with Crippen LogP contribution < -0.4 is 15.2 Å². The summed E-state index contributed by atoms with van der Waals surface area (Å²) < 4.78 is 12.0. The van der Waals surface area contributed by atoms with Crippen LogP contribution in [0.3, 0.4) is 0 Å². The standard InChI is InChI=1S/C11H14Br2N2O3.C11H16BrN3O3/c2*1-7(2)4-3-5-18-11-8(12)6-9(15(16)17)10(13)14-11/h6-7H,3-5H2,1-2H3;6-7H,3-5H2,1-2H3,(H2,13,14). The Morgan fingerprint density at radius 2 is 1.25 bits per heavy atom. The maximum absolute atomic E-state index is 10.7. The van der Waals surface area contributed by atoms with Gasteiger partial charge in [-0.05, 0) is 85.3 Å². The number of anilines is 1. The van der Waals surface area contributed by atoms with Gasteiger partial charge in [0.2, 0.25) is 17.6 Å². The van der Waals surface area contributed by atoms with Crippen molar-refractivity contribution in [2.75, 3.05) is 18.9 Å². The third kappa shape index (κ3) is 11.3. The molecule has 14 heteroatoms. The van der Waals surface area contributed by atoms with E-state index in [0.29, 0.717) is 45.8 Å². The van der Waals surface area contributed by atoms with Gasteiger partial charge in [0.1, 0.15) is 0 Å². The molecule has 0 aliphatic heterocycles. The van der Waals surface area contributed by atoms with Crippen molar-refractivity contribution in [1.29, 1.82) is 0 Å². The maximum atomic E-state index is 10.7. The van der Waals surface area contributed by atoms with E-state index in [1.807, 2.05) is 0 Å². The van der Waals surface area contributed by atoms with Crippen LogP contribution in [0.25, 0.3) is 0 Å². The van der Waals surface area contributed by atoms with Crippen molar-refractivity contribution in [1.82, 2.24) is 9.97 Å². The number of halogens is 3. The molecule has 2 aromatic heterocycles. The summed E-state index contributed by atoms with van der Waals surface area (Å²) in [6.45, 7) is 9.64. The van der Waals surface area contributed by atoms with Crippen molar-refractivity contribution in [3.63, 3.8) is 0 Å². The normalized spacial score (nSPS) is 10.7. The second-order valence-corrected chi connectivity index (χ2v) is 11.0. The van der Waals surface area contributed by atoms with E-state index in [1.54, 1.807) is 0 Å². The summed E-state index contributed by atoms with van der Waals surface area (Å²) in [5.41, 5.74) is 5.18. The highest BCUT2D eigenvalue weighted by molar-refractivity contribution is 9.11. The smallest absolute Gasteiger partial charge is 0.312 e. The number of ether oxygens (including phenoxy) is 2. The monoisotopic (exact) mass is 697 g/mol. The lowest BCUT2D eigenvalue weighted by Crippen LogP contribution is -2.05. The van der Waals surface area contributed by atoms with E-state index in [2.05, 4.69) is 85.5 Å². The van der Waals surface area contributed by atoms with E-state index < -0.39 is 9.85 Å². The van der Waals surface area contributed by atoms with E-state index >= 15 is 0 Å². The molecule has 11 nitrogen and oxygen atoms in total. The molecule has 0 aromatic carbocycles. The molecule has 200 valence electrons. The van der Waals surface area contributed by atoms with Crippen molar-refractivity contribution >= 4 is 65.0 Å². The molecule has 0 aliphatic rings. The average Bonchev–Trinajstić information content (AvgIpc) is 2.77. The highest BCUT2D eigenvalue weighted by Gasteiger charge is 2.18. The zero-order valence-corrected chi connectivity index (χ0v) is 25.3. The SMILES string of the molecule is CC(C)CCCOc1nc(Br)c([N+](=O)[O-])cc1Br.CC(C)CCCOc1nc(N)c([N+](=O)[O-])cc1Br. The van der Waals surface area contributed by atoms with Gasteiger partial charge in [0.25, 0.3) is 0 Å². The summed E-state index contributed by atoms with van der Waals surface area (Å²) in [6.07, 6.45) is 3.97. The van der Waals surface area contributed by atoms with Gasteiger partial charge < -0.3 is 15.2 Å². The number of hydrogen-bond donors (Lipinski definition) is 1. The first-order valence-corrected chi connectivity index (χ1v) is 13.6. The van der Waals surface area contributed by atoms with E-state index in [9.17, 15) is 20.2 Å². The molecule has 2 N–H and O–H groups in total. The number of pyridine rings is 2. The lowest BCUT2D eigenvalue weighted by Gasteiger charge is -2.09. The Hall–Kier alpha value is -2.06. The largest absolute Gasteiger partial charge is 0.477 e. The fourth-order valence-corrected chi connectivity index (χ4v) is 3.97. The summed E-state index contributed by atoms with van der Waals surface area (Å²) in [4.78, 5) is 28.2. The van der Waals surface area contributed by atoms with Crippen LogP contribution in [0.15, 0.2) is 25.7 Å².